The first kappa shape index (κ1) is 15.8. The Hall–Kier alpha value is -2.30. The summed E-state index contributed by atoms with van der Waals surface area (Å²) in [5, 5.41) is 17.3. The summed E-state index contributed by atoms with van der Waals surface area (Å²) in [5.41, 5.74) is 1.23. The summed E-state index contributed by atoms with van der Waals surface area (Å²) in [6.07, 6.45) is 0.313. The van der Waals surface area contributed by atoms with Crippen molar-refractivity contribution in [3.8, 4) is 17.9 Å². The third kappa shape index (κ3) is 4.42. The number of rotatable bonds is 4. The summed E-state index contributed by atoms with van der Waals surface area (Å²) in [7, 11) is 0. The molecule has 0 saturated carbocycles. The van der Waals surface area contributed by atoms with Crippen molar-refractivity contribution >= 4 is 5.91 Å². The van der Waals surface area contributed by atoms with E-state index in [1.165, 1.54) is 0 Å². The molecule has 104 valence electrons. The lowest BCUT2D eigenvalue weighted by Crippen LogP contribution is -2.37. The van der Waals surface area contributed by atoms with Crippen LogP contribution in [0.4, 0.5) is 0 Å². The lowest BCUT2D eigenvalue weighted by molar-refractivity contribution is 0.0710. The van der Waals surface area contributed by atoms with Crippen molar-refractivity contribution in [3.63, 3.8) is 0 Å². The molecule has 1 amide bonds. The highest BCUT2D eigenvalue weighted by Crippen LogP contribution is 2.11. The number of aliphatic hydroxyl groups is 1. The van der Waals surface area contributed by atoms with Gasteiger partial charge >= 0.3 is 0 Å². The Labute approximate surface area is 119 Å². The third-order valence-electron chi connectivity index (χ3n) is 2.77. The van der Waals surface area contributed by atoms with Crippen LogP contribution in [0.1, 0.15) is 36.2 Å². The number of hydrogen-bond acceptors (Lipinski definition) is 3. The molecule has 0 aliphatic rings. The van der Waals surface area contributed by atoms with Crippen LogP contribution in [-0.4, -0.2) is 35.1 Å². The van der Waals surface area contributed by atoms with Crippen molar-refractivity contribution in [3.05, 3.63) is 35.4 Å². The Morgan fingerprint density at radius 2 is 2.20 bits per heavy atom. The van der Waals surface area contributed by atoms with Crippen LogP contribution in [0.15, 0.2) is 24.3 Å². The number of aliphatic hydroxyl groups excluding tert-OH is 1. The molecule has 0 atom stereocenters. The number of benzene rings is 1. The fourth-order valence-corrected chi connectivity index (χ4v) is 1.80. The van der Waals surface area contributed by atoms with Crippen LogP contribution in [0.2, 0.25) is 0 Å². The molecule has 4 heteroatoms. The van der Waals surface area contributed by atoms with E-state index in [4.69, 9.17) is 10.4 Å². The number of nitrogens with zero attached hydrogens (tertiary/aromatic N) is 2. The Bertz CT molecular complexity index is 562. The Morgan fingerprint density at radius 1 is 1.45 bits per heavy atom. The van der Waals surface area contributed by atoms with Gasteiger partial charge in [0.25, 0.3) is 5.91 Å². The number of hydrogen-bond donors (Lipinski definition) is 1. The van der Waals surface area contributed by atoms with E-state index in [1.54, 1.807) is 29.2 Å². The van der Waals surface area contributed by atoms with Gasteiger partial charge in [-0.1, -0.05) is 17.9 Å². The summed E-state index contributed by atoms with van der Waals surface area (Å²) in [6.45, 7) is 4.05. The van der Waals surface area contributed by atoms with Crippen LogP contribution in [0.25, 0.3) is 0 Å². The topological polar surface area (TPSA) is 64.3 Å². The SMILES string of the molecule is CC(C)N(CCC#N)C(=O)c1cccc(C#CCO)c1. The predicted octanol–water partition coefficient (Wildman–Crippen LogP) is 1.79. The maximum atomic E-state index is 12.4. The summed E-state index contributed by atoms with van der Waals surface area (Å²) >= 11 is 0. The van der Waals surface area contributed by atoms with Crippen molar-refractivity contribution in [2.75, 3.05) is 13.2 Å². The molecule has 0 saturated heterocycles. The minimum absolute atomic E-state index is 0.0306. The maximum absolute atomic E-state index is 12.4. The van der Waals surface area contributed by atoms with Crippen LogP contribution >= 0.6 is 0 Å². The van der Waals surface area contributed by atoms with E-state index in [9.17, 15) is 4.79 Å². The van der Waals surface area contributed by atoms with Crippen LogP contribution in [0, 0.1) is 23.2 Å². The highest BCUT2D eigenvalue weighted by Gasteiger charge is 2.18. The van der Waals surface area contributed by atoms with E-state index in [1.807, 2.05) is 13.8 Å². The Balaban J connectivity index is 2.97. The van der Waals surface area contributed by atoms with Gasteiger partial charge in [0, 0.05) is 23.7 Å². The van der Waals surface area contributed by atoms with Crippen LogP contribution in [0.3, 0.4) is 0 Å². The van der Waals surface area contributed by atoms with E-state index in [2.05, 4.69) is 17.9 Å². The second-order valence-corrected chi connectivity index (χ2v) is 4.54. The largest absolute Gasteiger partial charge is 0.384 e. The van der Waals surface area contributed by atoms with E-state index < -0.39 is 0 Å². The van der Waals surface area contributed by atoms with Gasteiger partial charge < -0.3 is 10.0 Å². The van der Waals surface area contributed by atoms with Gasteiger partial charge in [0.05, 0.1) is 12.5 Å². The molecule has 0 radical (unpaired) electrons. The summed E-state index contributed by atoms with van der Waals surface area (Å²) in [4.78, 5) is 14.1. The van der Waals surface area contributed by atoms with Crippen LogP contribution in [-0.2, 0) is 0 Å². The molecule has 0 bridgehead atoms. The number of carbonyl (C=O) groups excluding carboxylic acids is 1. The zero-order valence-corrected chi connectivity index (χ0v) is 11.8. The molecule has 0 aliphatic carbocycles. The average molecular weight is 270 g/mol. The minimum atomic E-state index is -0.210. The number of nitriles is 1. The van der Waals surface area contributed by atoms with Gasteiger partial charge in [-0.2, -0.15) is 5.26 Å². The van der Waals surface area contributed by atoms with Crippen molar-refractivity contribution < 1.29 is 9.90 Å². The second kappa shape index (κ2) is 7.99. The molecule has 1 aromatic carbocycles. The lowest BCUT2D eigenvalue weighted by atomic mass is 10.1. The lowest BCUT2D eigenvalue weighted by Gasteiger charge is -2.26. The standard InChI is InChI=1S/C16H18N2O2/c1-13(2)18(10-5-9-17)16(20)15-8-3-6-14(12-15)7-4-11-19/h3,6,8,12-13,19H,5,10-11H2,1-2H3. The fourth-order valence-electron chi connectivity index (χ4n) is 1.80. The van der Waals surface area contributed by atoms with E-state index in [0.29, 0.717) is 24.1 Å². The zero-order valence-electron chi connectivity index (χ0n) is 11.8. The highest BCUT2D eigenvalue weighted by molar-refractivity contribution is 5.94. The van der Waals surface area contributed by atoms with Crippen molar-refractivity contribution in [2.24, 2.45) is 0 Å². The van der Waals surface area contributed by atoms with Gasteiger partial charge in [0.15, 0.2) is 0 Å². The van der Waals surface area contributed by atoms with Gasteiger partial charge in [0.1, 0.15) is 6.61 Å². The number of amides is 1. The van der Waals surface area contributed by atoms with Gasteiger partial charge in [-0.25, -0.2) is 0 Å². The average Bonchev–Trinajstić information content (AvgIpc) is 2.45. The quantitative estimate of drug-likeness (QED) is 0.848. The molecule has 0 unspecified atom stereocenters. The van der Waals surface area contributed by atoms with Gasteiger partial charge in [-0.3, -0.25) is 4.79 Å². The normalized spacial score (nSPS) is 9.55. The molecule has 0 heterocycles. The van der Waals surface area contributed by atoms with Gasteiger partial charge in [-0.05, 0) is 32.0 Å². The molecule has 4 nitrogen and oxygen atoms in total. The Morgan fingerprint density at radius 3 is 2.80 bits per heavy atom. The molecule has 1 rings (SSSR count). The second-order valence-electron chi connectivity index (χ2n) is 4.54. The Kier molecular flexibility index (Phi) is 6.29. The summed E-state index contributed by atoms with van der Waals surface area (Å²) in [5.74, 6) is 5.22. The molecule has 1 N–H and O–H groups in total. The first-order valence-corrected chi connectivity index (χ1v) is 6.48. The number of carbonyl (C=O) groups is 1. The molecule has 0 fully saturated rings. The summed E-state index contributed by atoms with van der Waals surface area (Å²) < 4.78 is 0. The fraction of sp³-hybridized carbons (Fsp3) is 0.375. The molecule has 0 spiro atoms. The zero-order chi connectivity index (χ0) is 15.0. The maximum Gasteiger partial charge on any atom is 0.254 e. The molecule has 0 aliphatic heterocycles. The van der Waals surface area contributed by atoms with E-state index >= 15 is 0 Å². The monoisotopic (exact) mass is 270 g/mol. The van der Waals surface area contributed by atoms with Crippen molar-refractivity contribution in [1.82, 2.24) is 4.90 Å². The van der Waals surface area contributed by atoms with E-state index in [0.717, 1.165) is 0 Å². The van der Waals surface area contributed by atoms with Crippen LogP contribution < -0.4 is 0 Å². The smallest absolute Gasteiger partial charge is 0.254 e. The predicted molar refractivity (Wildman–Crippen MR) is 76.8 cm³/mol. The first-order valence-electron chi connectivity index (χ1n) is 6.48. The summed E-state index contributed by atoms with van der Waals surface area (Å²) in [6, 6.07) is 9.06. The van der Waals surface area contributed by atoms with Gasteiger partial charge in [-0.15, -0.1) is 0 Å². The van der Waals surface area contributed by atoms with E-state index in [-0.39, 0.29) is 18.6 Å². The highest BCUT2D eigenvalue weighted by atomic mass is 16.2. The third-order valence-corrected chi connectivity index (χ3v) is 2.77. The van der Waals surface area contributed by atoms with Crippen LogP contribution in [0.5, 0.6) is 0 Å². The molecule has 1 aromatic rings. The first-order chi connectivity index (χ1) is 9.60. The molecular weight excluding hydrogens is 252 g/mol. The van der Waals surface area contributed by atoms with Gasteiger partial charge in [0.2, 0.25) is 0 Å². The molecule has 0 aromatic heterocycles. The van der Waals surface area contributed by atoms with Crippen molar-refractivity contribution in [1.29, 1.82) is 5.26 Å². The molecule has 20 heavy (non-hydrogen) atoms. The minimum Gasteiger partial charge on any atom is -0.384 e. The molecular formula is C16H18N2O2. The van der Waals surface area contributed by atoms with Crippen molar-refractivity contribution in [2.45, 2.75) is 26.3 Å².